The van der Waals surface area contributed by atoms with Gasteiger partial charge >= 0.3 is 6.03 Å². The van der Waals surface area contributed by atoms with Gasteiger partial charge in [0.1, 0.15) is 5.70 Å². The number of nitrogens with one attached hydrogen (secondary N) is 1. The lowest BCUT2D eigenvalue weighted by Crippen LogP contribution is -2.31. The molecule has 1 heterocycles. The van der Waals surface area contributed by atoms with Gasteiger partial charge in [0.15, 0.2) is 0 Å². The molecule has 2 rings (SSSR count). The van der Waals surface area contributed by atoms with E-state index in [2.05, 4.69) is 38.2 Å². The summed E-state index contributed by atoms with van der Waals surface area (Å²) in [5.41, 5.74) is 2.52. The van der Waals surface area contributed by atoms with Crippen LogP contribution < -0.4 is 5.32 Å². The molecule has 4 heteroatoms. The molecule has 0 spiro atoms. The molecule has 1 aromatic carbocycles. The third-order valence-corrected chi connectivity index (χ3v) is 3.76. The third kappa shape index (κ3) is 3.56. The fraction of sp³-hybridized carbons (Fsp3) is 0.444. The predicted molar refractivity (Wildman–Crippen MR) is 88.3 cm³/mol. The van der Waals surface area contributed by atoms with Crippen molar-refractivity contribution in [2.45, 2.75) is 46.0 Å². The fourth-order valence-corrected chi connectivity index (χ4v) is 2.35. The lowest BCUT2D eigenvalue weighted by Gasteiger charge is -2.19. The second-order valence-corrected chi connectivity index (χ2v) is 6.67. The van der Waals surface area contributed by atoms with Crippen LogP contribution >= 0.6 is 0 Å². The maximum absolute atomic E-state index is 12.3. The zero-order valence-corrected chi connectivity index (χ0v) is 13.8. The minimum Gasteiger partial charge on any atom is -0.303 e. The molecule has 0 radical (unpaired) electrons. The van der Waals surface area contributed by atoms with E-state index >= 15 is 0 Å². The summed E-state index contributed by atoms with van der Waals surface area (Å²) in [5.74, 6) is -0.236. The van der Waals surface area contributed by atoms with Crippen LogP contribution in [0.5, 0.6) is 0 Å². The van der Waals surface area contributed by atoms with Crippen LogP contribution in [0.1, 0.15) is 51.7 Å². The van der Waals surface area contributed by atoms with Crippen molar-refractivity contribution in [3.63, 3.8) is 0 Å². The molecular weight excluding hydrogens is 276 g/mol. The predicted octanol–water partition coefficient (Wildman–Crippen LogP) is 3.68. The Morgan fingerprint density at radius 2 is 1.95 bits per heavy atom. The van der Waals surface area contributed by atoms with E-state index in [0.717, 1.165) is 18.4 Å². The van der Waals surface area contributed by atoms with Gasteiger partial charge in [-0.3, -0.25) is 9.69 Å². The fourth-order valence-electron chi connectivity index (χ4n) is 2.35. The van der Waals surface area contributed by atoms with Gasteiger partial charge in [-0.15, -0.1) is 0 Å². The standard InChI is InChI=1S/C18H24N2O2/c1-5-6-10-20-16(21)15(19-17(20)22)12-13-8-7-9-14(11-13)18(2,3)4/h7-9,11-12H,5-6,10H2,1-4H3,(H,19,22). The molecule has 1 aliphatic heterocycles. The highest BCUT2D eigenvalue weighted by molar-refractivity contribution is 6.13. The smallest absolute Gasteiger partial charge is 0.303 e. The van der Waals surface area contributed by atoms with E-state index in [1.165, 1.54) is 10.5 Å². The molecule has 1 aliphatic rings. The van der Waals surface area contributed by atoms with E-state index in [4.69, 9.17) is 0 Å². The molecule has 0 aliphatic carbocycles. The normalized spacial score (nSPS) is 17.3. The third-order valence-electron chi connectivity index (χ3n) is 3.76. The van der Waals surface area contributed by atoms with E-state index < -0.39 is 0 Å². The highest BCUT2D eigenvalue weighted by Crippen LogP contribution is 2.24. The summed E-state index contributed by atoms with van der Waals surface area (Å²) in [7, 11) is 0. The molecule has 1 fully saturated rings. The van der Waals surface area contributed by atoms with Crippen molar-refractivity contribution in [1.82, 2.24) is 10.2 Å². The minimum atomic E-state index is -0.323. The summed E-state index contributed by atoms with van der Waals surface area (Å²) >= 11 is 0. The molecule has 0 atom stereocenters. The topological polar surface area (TPSA) is 49.4 Å². The summed E-state index contributed by atoms with van der Waals surface area (Å²) in [6, 6.07) is 7.72. The van der Waals surface area contributed by atoms with Crippen molar-refractivity contribution in [2.24, 2.45) is 0 Å². The Morgan fingerprint density at radius 3 is 2.59 bits per heavy atom. The van der Waals surface area contributed by atoms with Crippen LogP contribution in [0, 0.1) is 0 Å². The molecule has 1 aromatic rings. The van der Waals surface area contributed by atoms with Gasteiger partial charge in [0, 0.05) is 6.54 Å². The van der Waals surface area contributed by atoms with Crippen molar-refractivity contribution in [3.8, 4) is 0 Å². The van der Waals surface area contributed by atoms with Crippen LogP contribution in [0.3, 0.4) is 0 Å². The largest absolute Gasteiger partial charge is 0.329 e. The van der Waals surface area contributed by atoms with Crippen LogP contribution in [0.2, 0.25) is 0 Å². The maximum Gasteiger partial charge on any atom is 0.329 e. The Labute approximate surface area is 132 Å². The molecule has 0 saturated carbocycles. The zero-order chi connectivity index (χ0) is 16.3. The Balaban J connectivity index is 2.23. The van der Waals surface area contributed by atoms with Gasteiger partial charge < -0.3 is 5.32 Å². The monoisotopic (exact) mass is 300 g/mol. The Morgan fingerprint density at radius 1 is 1.23 bits per heavy atom. The number of carbonyl (C=O) groups excluding carboxylic acids is 2. The Kier molecular flexibility index (Phi) is 4.69. The number of imide groups is 1. The number of unbranched alkanes of at least 4 members (excludes halogenated alkanes) is 1. The van der Waals surface area contributed by atoms with E-state index in [0.29, 0.717) is 12.2 Å². The van der Waals surface area contributed by atoms with Crippen LogP contribution in [-0.4, -0.2) is 23.4 Å². The lowest BCUT2D eigenvalue weighted by atomic mass is 9.86. The van der Waals surface area contributed by atoms with Gasteiger partial charge in [-0.25, -0.2) is 4.79 Å². The lowest BCUT2D eigenvalue weighted by molar-refractivity contribution is -0.122. The van der Waals surface area contributed by atoms with Gasteiger partial charge in [0.05, 0.1) is 0 Å². The molecule has 4 nitrogen and oxygen atoms in total. The zero-order valence-electron chi connectivity index (χ0n) is 13.8. The van der Waals surface area contributed by atoms with E-state index in [1.807, 2.05) is 19.1 Å². The van der Waals surface area contributed by atoms with Crippen molar-refractivity contribution in [3.05, 3.63) is 41.1 Å². The molecule has 0 aromatic heterocycles. The van der Waals surface area contributed by atoms with E-state index in [-0.39, 0.29) is 17.4 Å². The van der Waals surface area contributed by atoms with Gasteiger partial charge in [-0.1, -0.05) is 58.4 Å². The first-order valence-electron chi connectivity index (χ1n) is 7.78. The molecule has 1 saturated heterocycles. The first kappa shape index (κ1) is 16.3. The number of rotatable bonds is 4. The highest BCUT2D eigenvalue weighted by Gasteiger charge is 2.32. The number of urea groups is 1. The summed E-state index contributed by atoms with van der Waals surface area (Å²) in [5, 5.41) is 2.67. The van der Waals surface area contributed by atoms with Crippen LogP contribution in [0.25, 0.3) is 6.08 Å². The molecular formula is C18H24N2O2. The Hall–Kier alpha value is -2.10. The summed E-state index contributed by atoms with van der Waals surface area (Å²) in [6.45, 7) is 8.95. The molecule has 0 bridgehead atoms. The second kappa shape index (κ2) is 6.34. The summed E-state index contributed by atoms with van der Waals surface area (Å²) in [4.78, 5) is 25.4. The summed E-state index contributed by atoms with van der Waals surface area (Å²) < 4.78 is 0. The van der Waals surface area contributed by atoms with E-state index in [1.54, 1.807) is 6.08 Å². The first-order chi connectivity index (χ1) is 10.3. The number of amides is 3. The van der Waals surface area contributed by atoms with Gasteiger partial charge in [0.25, 0.3) is 5.91 Å². The molecule has 22 heavy (non-hydrogen) atoms. The molecule has 118 valence electrons. The number of carbonyl (C=O) groups is 2. The average Bonchev–Trinajstić information content (AvgIpc) is 2.71. The van der Waals surface area contributed by atoms with Crippen LogP contribution in [0.4, 0.5) is 4.79 Å². The Bertz CT molecular complexity index is 612. The SMILES string of the molecule is CCCCN1C(=O)NC(=Cc2cccc(C(C)(C)C)c2)C1=O. The van der Waals surface area contributed by atoms with Gasteiger partial charge in [0.2, 0.25) is 0 Å². The molecule has 0 unspecified atom stereocenters. The molecule has 3 amide bonds. The van der Waals surface area contributed by atoms with Crippen LogP contribution in [0.15, 0.2) is 30.0 Å². The van der Waals surface area contributed by atoms with Crippen molar-refractivity contribution >= 4 is 18.0 Å². The number of nitrogens with zero attached hydrogens (tertiary/aromatic N) is 1. The van der Waals surface area contributed by atoms with Crippen molar-refractivity contribution in [2.75, 3.05) is 6.54 Å². The van der Waals surface area contributed by atoms with Crippen LogP contribution in [-0.2, 0) is 10.2 Å². The number of benzene rings is 1. The number of hydrogen-bond acceptors (Lipinski definition) is 2. The highest BCUT2D eigenvalue weighted by atomic mass is 16.2. The number of hydrogen-bond donors (Lipinski definition) is 1. The van der Waals surface area contributed by atoms with E-state index in [9.17, 15) is 9.59 Å². The quantitative estimate of drug-likeness (QED) is 0.681. The first-order valence-corrected chi connectivity index (χ1v) is 7.78. The van der Waals surface area contributed by atoms with Crippen molar-refractivity contribution in [1.29, 1.82) is 0 Å². The summed E-state index contributed by atoms with van der Waals surface area (Å²) in [6.07, 6.45) is 3.52. The van der Waals surface area contributed by atoms with Gasteiger partial charge in [-0.05, 0) is 29.0 Å². The minimum absolute atomic E-state index is 0.0462. The molecule has 1 N–H and O–H groups in total. The maximum atomic E-state index is 12.3. The van der Waals surface area contributed by atoms with Gasteiger partial charge in [-0.2, -0.15) is 0 Å². The second-order valence-electron chi connectivity index (χ2n) is 6.67. The average molecular weight is 300 g/mol. The van der Waals surface area contributed by atoms with Crippen molar-refractivity contribution < 1.29 is 9.59 Å².